The van der Waals surface area contributed by atoms with Gasteiger partial charge in [-0.1, -0.05) is 73.1 Å². The molecular formula is C28H31ClN2O2. The first-order valence-electron chi connectivity index (χ1n) is 11.7. The number of carbonyl (C=O) groups excluding carboxylic acids is 1. The van der Waals surface area contributed by atoms with E-state index < -0.39 is 0 Å². The largest absolute Gasteiger partial charge is 0.464 e. The lowest BCUT2D eigenvalue weighted by atomic mass is 9.94. The smallest absolute Gasteiger partial charge is 0.313 e. The molecule has 5 heteroatoms. The predicted molar refractivity (Wildman–Crippen MR) is 136 cm³/mol. The second-order valence-corrected chi connectivity index (χ2v) is 8.86. The molecule has 33 heavy (non-hydrogen) atoms. The summed E-state index contributed by atoms with van der Waals surface area (Å²) in [7, 11) is 0. The van der Waals surface area contributed by atoms with Crippen LogP contribution < -0.4 is 4.90 Å². The molecule has 3 aromatic carbocycles. The zero-order valence-electron chi connectivity index (χ0n) is 19.1. The molecule has 1 saturated heterocycles. The van der Waals surface area contributed by atoms with Gasteiger partial charge in [0.25, 0.3) is 0 Å². The Morgan fingerprint density at radius 3 is 2.15 bits per heavy atom. The van der Waals surface area contributed by atoms with Crippen molar-refractivity contribution in [2.45, 2.75) is 19.3 Å². The van der Waals surface area contributed by atoms with Gasteiger partial charge in [0.05, 0.1) is 5.92 Å². The summed E-state index contributed by atoms with van der Waals surface area (Å²) in [6.07, 6.45) is 0.725. The molecule has 0 amide bonds. The molecule has 0 radical (unpaired) electrons. The molecule has 0 N–H and O–H groups in total. The van der Waals surface area contributed by atoms with Gasteiger partial charge >= 0.3 is 5.97 Å². The summed E-state index contributed by atoms with van der Waals surface area (Å²) in [5.74, 6) is -0.360. The maximum absolute atomic E-state index is 12.8. The molecule has 0 spiro atoms. The van der Waals surface area contributed by atoms with E-state index in [1.807, 2.05) is 49.4 Å². The van der Waals surface area contributed by atoms with Crippen molar-refractivity contribution >= 4 is 23.3 Å². The Hall–Kier alpha value is -2.82. The molecule has 1 aliphatic rings. The van der Waals surface area contributed by atoms with Crippen molar-refractivity contribution in [3.05, 3.63) is 89.4 Å². The van der Waals surface area contributed by atoms with Crippen molar-refractivity contribution in [2.75, 3.05) is 44.2 Å². The SMILES string of the molecule is CCC(C(=O)OCCN1CCN(c2ccc(Cl)cc2)CC1)c1ccc(-c2ccccc2)cc1. The van der Waals surface area contributed by atoms with Crippen LogP contribution in [0, 0.1) is 0 Å². The average Bonchev–Trinajstić information content (AvgIpc) is 2.86. The van der Waals surface area contributed by atoms with Crippen LogP contribution in [0.15, 0.2) is 78.9 Å². The third-order valence-electron chi connectivity index (χ3n) is 6.33. The number of piperazine rings is 1. The van der Waals surface area contributed by atoms with E-state index in [2.05, 4.69) is 46.2 Å². The summed E-state index contributed by atoms with van der Waals surface area (Å²) < 4.78 is 5.68. The Balaban J connectivity index is 1.24. The van der Waals surface area contributed by atoms with Crippen molar-refractivity contribution in [3.63, 3.8) is 0 Å². The summed E-state index contributed by atoms with van der Waals surface area (Å²) in [5, 5.41) is 0.761. The van der Waals surface area contributed by atoms with Crippen molar-refractivity contribution in [1.29, 1.82) is 0 Å². The number of carbonyl (C=O) groups is 1. The third-order valence-corrected chi connectivity index (χ3v) is 6.58. The number of hydrogen-bond donors (Lipinski definition) is 0. The van der Waals surface area contributed by atoms with Crippen LogP contribution >= 0.6 is 11.6 Å². The van der Waals surface area contributed by atoms with Crippen LogP contribution in [0.4, 0.5) is 5.69 Å². The Kier molecular flexibility index (Phi) is 8.03. The van der Waals surface area contributed by atoms with Crippen LogP contribution in [-0.4, -0.2) is 50.2 Å². The first kappa shape index (κ1) is 23.3. The van der Waals surface area contributed by atoms with E-state index in [9.17, 15) is 4.79 Å². The number of nitrogens with zero attached hydrogens (tertiary/aromatic N) is 2. The van der Waals surface area contributed by atoms with Gasteiger partial charge in [0, 0.05) is 43.4 Å². The van der Waals surface area contributed by atoms with E-state index in [-0.39, 0.29) is 11.9 Å². The highest BCUT2D eigenvalue weighted by Gasteiger charge is 2.22. The lowest BCUT2D eigenvalue weighted by Crippen LogP contribution is -2.47. The second-order valence-electron chi connectivity index (χ2n) is 8.42. The highest BCUT2D eigenvalue weighted by Crippen LogP contribution is 2.25. The molecule has 4 nitrogen and oxygen atoms in total. The first-order chi connectivity index (χ1) is 16.1. The van der Waals surface area contributed by atoms with Gasteiger partial charge in [-0.05, 0) is 47.4 Å². The van der Waals surface area contributed by atoms with Gasteiger partial charge in [0.1, 0.15) is 6.61 Å². The topological polar surface area (TPSA) is 32.8 Å². The number of halogens is 1. The first-order valence-corrected chi connectivity index (χ1v) is 12.1. The fraction of sp³-hybridized carbons (Fsp3) is 0.321. The number of ether oxygens (including phenoxy) is 1. The second kappa shape index (κ2) is 11.4. The standard InChI is InChI=1S/C28H31ClN2O2/c1-2-27(24-10-8-23(9-11-24)22-6-4-3-5-7-22)28(32)33-21-20-30-16-18-31(19-17-30)26-14-12-25(29)13-15-26/h3-15,27H,2,16-21H2,1H3. The van der Waals surface area contributed by atoms with Crippen LogP contribution in [0.2, 0.25) is 5.02 Å². The Labute approximate surface area is 201 Å². The van der Waals surface area contributed by atoms with Crippen molar-refractivity contribution in [3.8, 4) is 11.1 Å². The Morgan fingerprint density at radius 2 is 1.52 bits per heavy atom. The van der Waals surface area contributed by atoms with Crippen molar-refractivity contribution < 1.29 is 9.53 Å². The van der Waals surface area contributed by atoms with E-state index in [4.69, 9.17) is 16.3 Å². The summed E-state index contributed by atoms with van der Waals surface area (Å²) in [6.45, 7) is 7.06. The Bertz CT molecular complexity index is 1010. The van der Waals surface area contributed by atoms with Crippen molar-refractivity contribution in [2.24, 2.45) is 0 Å². The van der Waals surface area contributed by atoms with E-state index in [1.165, 1.54) is 11.3 Å². The molecule has 1 heterocycles. The molecule has 1 fully saturated rings. The Morgan fingerprint density at radius 1 is 0.879 bits per heavy atom. The van der Waals surface area contributed by atoms with E-state index >= 15 is 0 Å². The van der Waals surface area contributed by atoms with E-state index in [0.29, 0.717) is 6.61 Å². The maximum Gasteiger partial charge on any atom is 0.313 e. The van der Waals surface area contributed by atoms with E-state index in [0.717, 1.165) is 55.3 Å². The molecule has 0 aliphatic carbocycles. The number of rotatable bonds is 8. The van der Waals surface area contributed by atoms with Gasteiger partial charge in [-0.3, -0.25) is 9.69 Å². The summed E-state index contributed by atoms with van der Waals surface area (Å²) in [5.41, 5.74) is 4.55. The normalized spacial score (nSPS) is 15.3. The molecule has 1 atom stereocenters. The molecule has 0 saturated carbocycles. The molecule has 3 aromatic rings. The number of esters is 1. The van der Waals surface area contributed by atoms with Gasteiger partial charge in [0.2, 0.25) is 0 Å². The molecule has 4 rings (SSSR count). The van der Waals surface area contributed by atoms with Crippen LogP contribution in [0.5, 0.6) is 0 Å². The number of hydrogen-bond acceptors (Lipinski definition) is 4. The van der Waals surface area contributed by atoms with Crippen molar-refractivity contribution in [1.82, 2.24) is 4.90 Å². The summed E-state index contributed by atoms with van der Waals surface area (Å²) in [4.78, 5) is 17.5. The molecular weight excluding hydrogens is 432 g/mol. The number of anilines is 1. The molecule has 0 bridgehead atoms. The zero-order chi connectivity index (χ0) is 23.0. The minimum Gasteiger partial charge on any atom is -0.464 e. The fourth-order valence-corrected chi connectivity index (χ4v) is 4.46. The lowest BCUT2D eigenvalue weighted by molar-refractivity contribution is -0.146. The fourth-order valence-electron chi connectivity index (χ4n) is 4.33. The van der Waals surface area contributed by atoms with Crippen LogP contribution in [0.3, 0.4) is 0 Å². The number of benzene rings is 3. The third kappa shape index (κ3) is 6.16. The van der Waals surface area contributed by atoms with E-state index in [1.54, 1.807) is 0 Å². The minimum absolute atomic E-state index is 0.134. The average molecular weight is 463 g/mol. The minimum atomic E-state index is -0.225. The van der Waals surface area contributed by atoms with Gasteiger partial charge in [0.15, 0.2) is 0 Å². The van der Waals surface area contributed by atoms with Gasteiger partial charge in [-0.2, -0.15) is 0 Å². The summed E-state index contributed by atoms with van der Waals surface area (Å²) >= 11 is 5.99. The van der Waals surface area contributed by atoms with Crippen LogP contribution in [0.1, 0.15) is 24.8 Å². The molecule has 1 aliphatic heterocycles. The highest BCUT2D eigenvalue weighted by molar-refractivity contribution is 6.30. The quantitative estimate of drug-likeness (QED) is 0.392. The molecule has 1 unspecified atom stereocenters. The monoisotopic (exact) mass is 462 g/mol. The van der Waals surface area contributed by atoms with Gasteiger partial charge in [-0.25, -0.2) is 0 Å². The highest BCUT2D eigenvalue weighted by atomic mass is 35.5. The van der Waals surface area contributed by atoms with Gasteiger partial charge in [-0.15, -0.1) is 0 Å². The molecule has 172 valence electrons. The maximum atomic E-state index is 12.8. The zero-order valence-corrected chi connectivity index (χ0v) is 19.9. The van der Waals surface area contributed by atoms with Gasteiger partial charge < -0.3 is 9.64 Å². The summed E-state index contributed by atoms with van der Waals surface area (Å²) in [6, 6.07) is 26.5. The molecule has 0 aromatic heterocycles. The lowest BCUT2D eigenvalue weighted by Gasteiger charge is -2.36. The van der Waals surface area contributed by atoms with Crippen LogP contribution in [-0.2, 0) is 9.53 Å². The van der Waals surface area contributed by atoms with Crippen LogP contribution in [0.25, 0.3) is 11.1 Å². The predicted octanol–water partition coefficient (Wildman–Crippen LogP) is 5.87.